The summed E-state index contributed by atoms with van der Waals surface area (Å²) in [6.45, 7) is 2.24. The van der Waals surface area contributed by atoms with E-state index in [4.69, 9.17) is 0 Å². The zero-order valence-corrected chi connectivity index (χ0v) is 14.2. The molecule has 0 atom stereocenters. The predicted octanol–water partition coefficient (Wildman–Crippen LogP) is 4.10. The highest BCUT2D eigenvalue weighted by atomic mass is 19.1. The van der Waals surface area contributed by atoms with Crippen molar-refractivity contribution in [1.82, 2.24) is 15.2 Å². The molecule has 1 aliphatic rings. The molecule has 0 bridgehead atoms. The van der Waals surface area contributed by atoms with Crippen molar-refractivity contribution in [2.75, 3.05) is 28.6 Å². The third-order valence-corrected chi connectivity index (χ3v) is 4.27. The van der Waals surface area contributed by atoms with Gasteiger partial charge in [0.05, 0.1) is 6.20 Å². The highest BCUT2D eigenvalue weighted by Crippen LogP contribution is 2.23. The second-order valence-corrected chi connectivity index (χ2v) is 6.16. The van der Waals surface area contributed by atoms with Crippen LogP contribution in [-0.4, -0.2) is 28.3 Å². The average Bonchev–Trinajstić information content (AvgIpc) is 3.19. The van der Waals surface area contributed by atoms with E-state index in [0.29, 0.717) is 11.8 Å². The van der Waals surface area contributed by atoms with Crippen molar-refractivity contribution < 1.29 is 4.39 Å². The molecule has 4 rings (SSSR count). The Morgan fingerprint density at radius 2 is 1.50 bits per heavy atom. The monoisotopic (exact) mass is 350 g/mol. The Morgan fingerprint density at radius 1 is 0.846 bits per heavy atom. The maximum absolute atomic E-state index is 13.0. The minimum absolute atomic E-state index is 0.281. The molecule has 132 valence electrons. The summed E-state index contributed by atoms with van der Waals surface area (Å²) in [7, 11) is 0. The summed E-state index contributed by atoms with van der Waals surface area (Å²) >= 11 is 0. The van der Waals surface area contributed by atoms with Crippen LogP contribution in [0.2, 0.25) is 0 Å². The number of anilines is 5. The first-order chi connectivity index (χ1) is 12.8. The largest absolute Gasteiger partial charge is 0.372 e. The summed E-state index contributed by atoms with van der Waals surface area (Å²) in [4.78, 5) is 6.77. The van der Waals surface area contributed by atoms with Gasteiger partial charge in [-0.1, -0.05) is 0 Å². The lowest BCUT2D eigenvalue weighted by Gasteiger charge is -2.17. The van der Waals surface area contributed by atoms with Crippen molar-refractivity contribution in [3.8, 4) is 0 Å². The maximum Gasteiger partial charge on any atom is 0.249 e. The third-order valence-electron chi connectivity index (χ3n) is 4.27. The van der Waals surface area contributed by atoms with Crippen LogP contribution >= 0.6 is 0 Å². The molecule has 2 aromatic carbocycles. The van der Waals surface area contributed by atoms with E-state index >= 15 is 0 Å². The number of rotatable bonds is 5. The number of hydrogen-bond acceptors (Lipinski definition) is 6. The Balaban J connectivity index is 1.44. The minimum atomic E-state index is -0.281. The first kappa shape index (κ1) is 16.3. The molecule has 3 aromatic rings. The van der Waals surface area contributed by atoms with Gasteiger partial charge in [-0.15, -0.1) is 5.10 Å². The smallest absolute Gasteiger partial charge is 0.249 e. The fourth-order valence-electron chi connectivity index (χ4n) is 2.96. The van der Waals surface area contributed by atoms with Crippen LogP contribution in [0.15, 0.2) is 54.7 Å². The topological polar surface area (TPSA) is 66.0 Å². The van der Waals surface area contributed by atoms with Gasteiger partial charge < -0.3 is 15.5 Å². The van der Waals surface area contributed by atoms with E-state index in [2.05, 4.69) is 42.8 Å². The summed E-state index contributed by atoms with van der Waals surface area (Å²) in [5.41, 5.74) is 2.86. The van der Waals surface area contributed by atoms with Gasteiger partial charge in [-0.3, -0.25) is 0 Å². The summed E-state index contributed by atoms with van der Waals surface area (Å²) < 4.78 is 13.0. The van der Waals surface area contributed by atoms with Crippen LogP contribution in [0.5, 0.6) is 0 Å². The Kier molecular flexibility index (Phi) is 4.59. The van der Waals surface area contributed by atoms with Gasteiger partial charge in [0.2, 0.25) is 5.95 Å². The molecule has 1 fully saturated rings. The maximum atomic E-state index is 13.0. The molecular formula is C19H19FN6. The van der Waals surface area contributed by atoms with Crippen LogP contribution in [-0.2, 0) is 0 Å². The number of nitrogens with zero attached hydrogens (tertiary/aromatic N) is 4. The quantitative estimate of drug-likeness (QED) is 0.722. The number of nitrogens with one attached hydrogen (secondary N) is 2. The molecule has 7 heteroatoms. The molecule has 6 nitrogen and oxygen atoms in total. The first-order valence-corrected chi connectivity index (χ1v) is 8.61. The Bertz CT molecular complexity index is 860. The average molecular weight is 350 g/mol. The summed E-state index contributed by atoms with van der Waals surface area (Å²) in [6.07, 6.45) is 4.03. The molecular weight excluding hydrogens is 331 g/mol. The van der Waals surface area contributed by atoms with E-state index in [1.165, 1.54) is 36.9 Å². The molecule has 0 amide bonds. The molecule has 1 saturated heterocycles. The van der Waals surface area contributed by atoms with Crippen LogP contribution in [0, 0.1) is 5.82 Å². The molecule has 1 aliphatic heterocycles. The summed E-state index contributed by atoms with van der Waals surface area (Å²) in [5, 5.41) is 14.2. The molecule has 2 N–H and O–H groups in total. The molecule has 0 radical (unpaired) electrons. The molecule has 0 aliphatic carbocycles. The van der Waals surface area contributed by atoms with Crippen molar-refractivity contribution in [2.24, 2.45) is 0 Å². The van der Waals surface area contributed by atoms with Gasteiger partial charge in [-0.2, -0.15) is 10.1 Å². The second-order valence-electron chi connectivity index (χ2n) is 6.16. The zero-order chi connectivity index (χ0) is 17.8. The summed E-state index contributed by atoms with van der Waals surface area (Å²) in [5.74, 6) is 0.643. The third kappa shape index (κ3) is 3.88. The minimum Gasteiger partial charge on any atom is -0.372 e. The lowest BCUT2D eigenvalue weighted by Crippen LogP contribution is -2.17. The lowest BCUT2D eigenvalue weighted by molar-refractivity contribution is 0.628. The number of aromatic nitrogens is 3. The van der Waals surface area contributed by atoms with Gasteiger partial charge >= 0.3 is 0 Å². The van der Waals surface area contributed by atoms with Gasteiger partial charge in [-0.25, -0.2) is 4.39 Å². The van der Waals surface area contributed by atoms with Crippen LogP contribution in [0.3, 0.4) is 0 Å². The van der Waals surface area contributed by atoms with E-state index < -0.39 is 0 Å². The van der Waals surface area contributed by atoms with Crippen LogP contribution in [0.1, 0.15) is 12.8 Å². The Labute approximate surface area is 151 Å². The highest BCUT2D eigenvalue weighted by molar-refractivity contribution is 5.61. The van der Waals surface area contributed by atoms with Gasteiger partial charge in [0, 0.05) is 30.2 Å². The Hall–Kier alpha value is -3.22. The van der Waals surface area contributed by atoms with Crippen LogP contribution < -0.4 is 15.5 Å². The highest BCUT2D eigenvalue weighted by Gasteiger charge is 2.12. The van der Waals surface area contributed by atoms with E-state index in [1.807, 2.05) is 12.1 Å². The van der Waals surface area contributed by atoms with Gasteiger partial charge in [0.25, 0.3) is 0 Å². The standard InChI is InChI=1S/C19H19FN6/c20-14-3-5-15(6-4-14)22-18-13-21-25-19(24-18)23-16-7-9-17(10-8-16)26-11-1-2-12-26/h3-10,13H,1-2,11-12H2,(H2,22,23,24,25). The van der Waals surface area contributed by atoms with E-state index in [9.17, 15) is 4.39 Å². The van der Waals surface area contributed by atoms with Gasteiger partial charge in [-0.05, 0) is 61.4 Å². The lowest BCUT2D eigenvalue weighted by atomic mass is 10.2. The fourth-order valence-corrected chi connectivity index (χ4v) is 2.96. The van der Waals surface area contributed by atoms with E-state index in [0.717, 1.165) is 24.5 Å². The Morgan fingerprint density at radius 3 is 2.23 bits per heavy atom. The second kappa shape index (κ2) is 7.35. The molecule has 26 heavy (non-hydrogen) atoms. The van der Waals surface area contributed by atoms with Crippen molar-refractivity contribution >= 4 is 28.8 Å². The van der Waals surface area contributed by atoms with E-state index in [1.54, 1.807) is 12.1 Å². The van der Waals surface area contributed by atoms with E-state index in [-0.39, 0.29) is 5.82 Å². The van der Waals surface area contributed by atoms with Crippen molar-refractivity contribution in [3.05, 3.63) is 60.5 Å². The van der Waals surface area contributed by atoms with Gasteiger partial charge in [0.15, 0.2) is 5.82 Å². The van der Waals surface area contributed by atoms with Crippen LogP contribution in [0.25, 0.3) is 0 Å². The fraction of sp³-hybridized carbons (Fsp3) is 0.211. The van der Waals surface area contributed by atoms with Crippen LogP contribution in [0.4, 0.5) is 33.2 Å². The summed E-state index contributed by atoms with van der Waals surface area (Å²) in [6, 6.07) is 14.3. The number of halogens is 1. The van der Waals surface area contributed by atoms with Crippen molar-refractivity contribution in [2.45, 2.75) is 12.8 Å². The van der Waals surface area contributed by atoms with Crippen molar-refractivity contribution in [3.63, 3.8) is 0 Å². The molecule has 0 spiro atoms. The SMILES string of the molecule is Fc1ccc(Nc2cnnc(Nc3ccc(N4CCCC4)cc3)n2)cc1. The molecule has 0 unspecified atom stereocenters. The molecule has 1 aromatic heterocycles. The van der Waals surface area contributed by atoms with Crippen molar-refractivity contribution in [1.29, 1.82) is 0 Å². The zero-order valence-electron chi connectivity index (χ0n) is 14.2. The number of benzene rings is 2. The molecule has 0 saturated carbocycles. The molecule has 2 heterocycles. The van der Waals surface area contributed by atoms with Gasteiger partial charge in [0.1, 0.15) is 5.82 Å². The first-order valence-electron chi connectivity index (χ1n) is 8.61. The normalized spacial score (nSPS) is 13.7. The number of hydrogen-bond donors (Lipinski definition) is 2. The predicted molar refractivity (Wildman–Crippen MR) is 101 cm³/mol.